The van der Waals surface area contributed by atoms with Crippen molar-refractivity contribution in [2.75, 3.05) is 13.2 Å². The average Bonchev–Trinajstić information content (AvgIpc) is 2.31. The summed E-state index contributed by atoms with van der Waals surface area (Å²) >= 11 is 0. The third-order valence-electron chi connectivity index (χ3n) is 4.38. The van der Waals surface area contributed by atoms with E-state index in [9.17, 15) is 0 Å². The van der Waals surface area contributed by atoms with E-state index in [1.54, 1.807) is 0 Å². The first-order valence-electron chi connectivity index (χ1n) is 7.21. The van der Waals surface area contributed by atoms with Crippen LogP contribution in [0.15, 0.2) is 0 Å². The Hall–Kier alpha value is -0.120. The Morgan fingerprint density at radius 2 is 1.29 bits per heavy atom. The highest BCUT2D eigenvalue weighted by molar-refractivity contribution is 4.86. The van der Waals surface area contributed by atoms with Crippen LogP contribution in [0.1, 0.15) is 45.4 Å². The van der Waals surface area contributed by atoms with Gasteiger partial charge in [0.05, 0.1) is 24.4 Å². The van der Waals surface area contributed by atoms with E-state index < -0.39 is 0 Å². The van der Waals surface area contributed by atoms with Crippen LogP contribution < -0.4 is 0 Å². The third-order valence-corrected chi connectivity index (χ3v) is 4.38. The Bertz CT molecular complexity index is 232. The van der Waals surface area contributed by atoms with Crippen molar-refractivity contribution in [3.8, 4) is 0 Å². The molecule has 3 heteroatoms. The van der Waals surface area contributed by atoms with Gasteiger partial charge in [0.2, 0.25) is 0 Å². The maximum absolute atomic E-state index is 6.30. The van der Waals surface area contributed by atoms with Crippen molar-refractivity contribution < 1.29 is 14.2 Å². The maximum atomic E-state index is 6.30. The summed E-state index contributed by atoms with van der Waals surface area (Å²) in [4.78, 5) is 0. The molecule has 1 unspecified atom stereocenters. The Balaban J connectivity index is 1.72. The van der Waals surface area contributed by atoms with E-state index in [0.717, 1.165) is 38.9 Å². The van der Waals surface area contributed by atoms with E-state index in [0.29, 0.717) is 30.3 Å². The van der Waals surface area contributed by atoms with Gasteiger partial charge < -0.3 is 14.2 Å². The number of hydrogen-bond donors (Lipinski definition) is 0. The Morgan fingerprint density at radius 3 is 1.82 bits per heavy atom. The second-order valence-corrected chi connectivity index (χ2v) is 5.89. The summed E-state index contributed by atoms with van der Waals surface area (Å²) in [7, 11) is 0. The molecule has 3 heterocycles. The second kappa shape index (κ2) is 5.25. The van der Waals surface area contributed by atoms with Crippen molar-refractivity contribution in [1.82, 2.24) is 0 Å². The van der Waals surface area contributed by atoms with Gasteiger partial charge in [0.1, 0.15) is 0 Å². The first kappa shape index (κ1) is 11.9. The van der Waals surface area contributed by atoms with E-state index in [1.165, 1.54) is 12.8 Å². The first-order chi connectivity index (χ1) is 8.33. The van der Waals surface area contributed by atoms with E-state index in [4.69, 9.17) is 14.2 Å². The van der Waals surface area contributed by atoms with Crippen LogP contribution in [-0.4, -0.2) is 37.6 Å². The Kier molecular flexibility index (Phi) is 3.69. The molecular formula is C14H24O3. The molecule has 3 nitrogen and oxygen atoms in total. The number of ether oxygens (including phenoxy) is 3. The zero-order chi connectivity index (χ0) is 11.7. The van der Waals surface area contributed by atoms with Gasteiger partial charge >= 0.3 is 0 Å². The summed E-state index contributed by atoms with van der Waals surface area (Å²) in [6.07, 6.45) is 8.21. The largest absolute Gasteiger partial charge is 0.376 e. The van der Waals surface area contributed by atoms with Crippen molar-refractivity contribution in [2.24, 2.45) is 5.92 Å². The fraction of sp³-hybridized carbons (Fsp3) is 1.00. The maximum Gasteiger partial charge on any atom is 0.0842 e. The molecule has 0 radical (unpaired) electrons. The van der Waals surface area contributed by atoms with Crippen LogP contribution in [0.4, 0.5) is 0 Å². The lowest BCUT2D eigenvalue weighted by atomic mass is 9.87. The third kappa shape index (κ3) is 2.67. The number of hydrogen-bond acceptors (Lipinski definition) is 3. The topological polar surface area (TPSA) is 27.7 Å². The monoisotopic (exact) mass is 240 g/mol. The Morgan fingerprint density at radius 1 is 0.765 bits per heavy atom. The molecule has 0 aromatic carbocycles. The lowest BCUT2D eigenvalue weighted by molar-refractivity contribution is -0.195. The lowest BCUT2D eigenvalue weighted by Crippen LogP contribution is -2.47. The lowest BCUT2D eigenvalue weighted by Gasteiger charge is -2.42. The molecule has 3 aliphatic rings. The molecule has 0 bridgehead atoms. The number of fused-ring (bicyclic) bond motifs is 2. The molecular weight excluding hydrogens is 216 g/mol. The molecule has 3 aliphatic heterocycles. The predicted molar refractivity (Wildman–Crippen MR) is 65.0 cm³/mol. The predicted octanol–water partition coefficient (Wildman–Crippen LogP) is 2.53. The first-order valence-corrected chi connectivity index (χ1v) is 7.21. The van der Waals surface area contributed by atoms with Crippen LogP contribution in [0.25, 0.3) is 0 Å². The van der Waals surface area contributed by atoms with Crippen molar-refractivity contribution >= 4 is 0 Å². The number of rotatable bonds is 0. The summed E-state index contributed by atoms with van der Waals surface area (Å²) in [5.41, 5.74) is 0. The molecule has 5 atom stereocenters. The molecule has 0 N–H and O–H groups in total. The molecule has 0 aliphatic carbocycles. The zero-order valence-corrected chi connectivity index (χ0v) is 10.8. The van der Waals surface area contributed by atoms with Crippen molar-refractivity contribution in [3.63, 3.8) is 0 Å². The van der Waals surface area contributed by atoms with Gasteiger partial charge in [-0.2, -0.15) is 0 Å². The quantitative estimate of drug-likeness (QED) is 0.651. The van der Waals surface area contributed by atoms with Crippen molar-refractivity contribution in [3.05, 3.63) is 0 Å². The molecule has 3 fully saturated rings. The minimum Gasteiger partial charge on any atom is -0.376 e. The van der Waals surface area contributed by atoms with Crippen LogP contribution in [0, 0.1) is 5.92 Å². The summed E-state index contributed by atoms with van der Waals surface area (Å²) in [6.45, 7) is 4.17. The molecule has 17 heavy (non-hydrogen) atoms. The van der Waals surface area contributed by atoms with Gasteiger partial charge in [0, 0.05) is 13.2 Å². The fourth-order valence-electron chi connectivity index (χ4n) is 3.49. The highest BCUT2D eigenvalue weighted by Gasteiger charge is 2.38. The van der Waals surface area contributed by atoms with E-state index in [2.05, 4.69) is 6.92 Å². The van der Waals surface area contributed by atoms with Gasteiger partial charge in [-0.15, -0.1) is 0 Å². The summed E-state index contributed by atoms with van der Waals surface area (Å²) in [5.74, 6) is 0.690. The van der Waals surface area contributed by atoms with Crippen LogP contribution in [0.3, 0.4) is 0 Å². The van der Waals surface area contributed by atoms with E-state index in [-0.39, 0.29) is 0 Å². The summed E-state index contributed by atoms with van der Waals surface area (Å²) in [5, 5.41) is 0. The van der Waals surface area contributed by atoms with Gasteiger partial charge in [-0.3, -0.25) is 0 Å². The smallest absolute Gasteiger partial charge is 0.0842 e. The van der Waals surface area contributed by atoms with Gasteiger partial charge in [0.25, 0.3) is 0 Å². The molecule has 0 amide bonds. The van der Waals surface area contributed by atoms with Crippen molar-refractivity contribution in [1.29, 1.82) is 0 Å². The van der Waals surface area contributed by atoms with Crippen LogP contribution in [-0.2, 0) is 14.2 Å². The van der Waals surface area contributed by atoms with Gasteiger partial charge in [-0.05, 0) is 44.4 Å². The molecule has 0 spiro atoms. The van der Waals surface area contributed by atoms with Crippen LogP contribution >= 0.6 is 0 Å². The van der Waals surface area contributed by atoms with Gasteiger partial charge in [-0.25, -0.2) is 0 Å². The molecule has 0 aromatic heterocycles. The summed E-state index contributed by atoms with van der Waals surface area (Å²) < 4.78 is 18.1. The highest BCUT2D eigenvalue weighted by Crippen LogP contribution is 2.33. The van der Waals surface area contributed by atoms with Crippen molar-refractivity contribution in [2.45, 2.75) is 69.9 Å². The SMILES string of the molecule is CC1C[C@@H]2OCCC[C@H]2O[C@H]2CCCO[C@@H]2C1. The molecule has 3 saturated heterocycles. The summed E-state index contributed by atoms with van der Waals surface area (Å²) in [6, 6.07) is 0. The standard InChI is InChI=1S/C14H24O3/c1-10-8-13-11(4-2-6-15-13)17-12-5-3-7-16-14(12)9-10/h10-14H,2-9H2,1H3/t10?,11-,12+,13+,14-. The normalized spacial score (nSPS) is 47.5. The minimum atomic E-state index is 0.320. The molecule has 98 valence electrons. The second-order valence-electron chi connectivity index (χ2n) is 5.89. The molecule has 0 saturated carbocycles. The highest BCUT2D eigenvalue weighted by atomic mass is 16.6. The van der Waals surface area contributed by atoms with Crippen LogP contribution in [0.5, 0.6) is 0 Å². The molecule has 3 rings (SSSR count). The van der Waals surface area contributed by atoms with Gasteiger partial charge in [-0.1, -0.05) is 6.92 Å². The minimum absolute atomic E-state index is 0.320. The van der Waals surface area contributed by atoms with E-state index >= 15 is 0 Å². The van der Waals surface area contributed by atoms with Crippen LogP contribution in [0.2, 0.25) is 0 Å². The molecule has 0 aromatic rings. The van der Waals surface area contributed by atoms with E-state index in [1.807, 2.05) is 0 Å². The van der Waals surface area contributed by atoms with Gasteiger partial charge in [0.15, 0.2) is 0 Å². The Labute approximate surface area is 104 Å². The fourth-order valence-corrected chi connectivity index (χ4v) is 3.49. The average molecular weight is 240 g/mol. The zero-order valence-electron chi connectivity index (χ0n) is 10.8.